The molecule has 0 amide bonds. The molecule has 1 N–H and O–H groups in total. The first-order valence-electron chi connectivity index (χ1n) is 4.83. The van der Waals surface area contributed by atoms with Gasteiger partial charge in [-0.05, 0) is 18.2 Å². The third-order valence-corrected chi connectivity index (χ3v) is 2.02. The lowest BCUT2D eigenvalue weighted by Crippen LogP contribution is -1.96. The van der Waals surface area contributed by atoms with E-state index in [4.69, 9.17) is 4.42 Å². The third kappa shape index (κ3) is 2.69. The van der Waals surface area contributed by atoms with Crippen LogP contribution in [0, 0.1) is 10.1 Å². The molecule has 0 atom stereocenters. The number of nitro benzene ring substituents is 1. The number of hydrogen-bond donors (Lipinski definition) is 1. The minimum Gasteiger partial charge on any atom is -0.463 e. The largest absolute Gasteiger partial charge is 0.463 e. The molecule has 0 radical (unpaired) electrons. The molecule has 6 heteroatoms. The maximum atomic E-state index is 10.7. The molecule has 0 saturated heterocycles. The Hall–Kier alpha value is -2.63. The molecule has 2 aromatic rings. The van der Waals surface area contributed by atoms with Crippen LogP contribution >= 0.6 is 0 Å². The molecule has 17 heavy (non-hydrogen) atoms. The fourth-order valence-corrected chi connectivity index (χ4v) is 1.26. The van der Waals surface area contributed by atoms with E-state index in [9.17, 15) is 10.1 Å². The molecule has 86 valence electrons. The van der Waals surface area contributed by atoms with Gasteiger partial charge in [-0.15, -0.1) is 0 Å². The van der Waals surface area contributed by atoms with Gasteiger partial charge in [-0.25, -0.2) is 0 Å². The van der Waals surface area contributed by atoms with Gasteiger partial charge in [-0.2, -0.15) is 5.10 Å². The predicted octanol–water partition coefficient (Wildman–Crippen LogP) is 2.63. The molecule has 0 aliphatic carbocycles. The topological polar surface area (TPSA) is 80.7 Å². The first-order valence-corrected chi connectivity index (χ1v) is 4.83. The van der Waals surface area contributed by atoms with Crippen LogP contribution in [0.4, 0.5) is 11.4 Å². The van der Waals surface area contributed by atoms with Gasteiger partial charge in [-0.3, -0.25) is 15.5 Å². The number of benzene rings is 1. The normalized spacial score (nSPS) is 10.6. The third-order valence-electron chi connectivity index (χ3n) is 2.02. The van der Waals surface area contributed by atoms with Gasteiger partial charge in [0.1, 0.15) is 11.4 Å². The summed E-state index contributed by atoms with van der Waals surface area (Å²) in [5, 5.41) is 14.6. The zero-order valence-electron chi connectivity index (χ0n) is 8.74. The monoisotopic (exact) mass is 231 g/mol. The fraction of sp³-hybridized carbons (Fsp3) is 0. The highest BCUT2D eigenvalue weighted by Gasteiger charge is 2.10. The zero-order chi connectivity index (χ0) is 12.1. The average Bonchev–Trinajstić information content (AvgIpc) is 2.82. The van der Waals surface area contributed by atoms with Gasteiger partial charge >= 0.3 is 0 Å². The van der Waals surface area contributed by atoms with Gasteiger partial charge in [0.25, 0.3) is 5.69 Å². The molecule has 0 saturated carbocycles. The first-order chi connectivity index (χ1) is 8.27. The molecule has 0 unspecified atom stereocenters. The molecule has 2 rings (SSSR count). The highest BCUT2D eigenvalue weighted by molar-refractivity contribution is 5.77. The van der Waals surface area contributed by atoms with Gasteiger partial charge in [-0.1, -0.05) is 12.1 Å². The minimum atomic E-state index is -0.468. The standard InChI is InChI=1S/C11H9N3O3/c15-14(16)11-6-2-1-5-10(11)13-12-8-9-4-3-7-17-9/h1-8,13H/b12-8+. The minimum absolute atomic E-state index is 0.0240. The average molecular weight is 231 g/mol. The van der Waals surface area contributed by atoms with E-state index in [2.05, 4.69) is 10.5 Å². The second-order valence-electron chi connectivity index (χ2n) is 3.16. The molecule has 1 aromatic heterocycles. The molecule has 0 bridgehead atoms. The predicted molar refractivity (Wildman–Crippen MR) is 63.0 cm³/mol. The maximum absolute atomic E-state index is 10.7. The summed E-state index contributed by atoms with van der Waals surface area (Å²) in [6, 6.07) is 9.73. The zero-order valence-corrected chi connectivity index (χ0v) is 8.74. The summed E-state index contributed by atoms with van der Waals surface area (Å²) in [5.74, 6) is 0.566. The Morgan fingerprint density at radius 3 is 2.82 bits per heavy atom. The van der Waals surface area contributed by atoms with E-state index < -0.39 is 4.92 Å². The lowest BCUT2D eigenvalue weighted by atomic mass is 10.3. The van der Waals surface area contributed by atoms with E-state index in [0.717, 1.165) is 0 Å². The number of hydrazone groups is 1. The summed E-state index contributed by atoms with van der Waals surface area (Å²) < 4.78 is 5.03. The van der Waals surface area contributed by atoms with Crippen LogP contribution in [0.25, 0.3) is 0 Å². The Labute approximate surface area is 96.7 Å². The van der Waals surface area contributed by atoms with Crippen LogP contribution in [0.2, 0.25) is 0 Å². The Balaban J connectivity index is 2.11. The molecule has 1 heterocycles. The fourth-order valence-electron chi connectivity index (χ4n) is 1.26. The maximum Gasteiger partial charge on any atom is 0.294 e. The lowest BCUT2D eigenvalue weighted by Gasteiger charge is -2.00. The van der Waals surface area contributed by atoms with Crippen LogP contribution in [0.5, 0.6) is 0 Å². The van der Waals surface area contributed by atoms with Crippen molar-refractivity contribution in [3.8, 4) is 0 Å². The number of para-hydroxylation sites is 2. The van der Waals surface area contributed by atoms with Crippen molar-refractivity contribution in [2.75, 3.05) is 5.43 Å². The summed E-state index contributed by atoms with van der Waals surface area (Å²) in [6.07, 6.45) is 2.96. The van der Waals surface area contributed by atoms with Crippen molar-refractivity contribution in [1.82, 2.24) is 0 Å². The van der Waals surface area contributed by atoms with Gasteiger partial charge < -0.3 is 4.42 Å². The van der Waals surface area contributed by atoms with E-state index in [1.165, 1.54) is 18.5 Å². The first kappa shape index (κ1) is 10.9. The van der Waals surface area contributed by atoms with E-state index >= 15 is 0 Å². The summed E-state index contributed by atoms with van der Waals surface area (Å²) in [7, 11) is 0. The van der Waals surface area contributed by atoms with Gasteiger partial charge in [0, 0.05) is 6.07 Å². The molecule has 0 fully saturated rings. The van der Waals surface area contributed by atoms with E-state index in [-0.39, 0.29) is 5.69 Å². The van der Waals surface area contributed by atoms with Crippen LogP contribution in [-0.4, -0.2) is 11.1 Å². The number of nitrogens with zero attached hydrogens (tertiary/aromatic N) is 2. The number of furan rings is 1. The molecule has 0 aliphatic heterocycles. The summed E-state index contributed by atoms with van der Waals surface area (Å²) >= 11 is 0. The Kier molecular flexibility index (Phi) is 3.15. The highest BCUT2D eigenvalue weighted by Crippen LogP contribution is 2.22. The van der Waals surface area contributed by atoms with Gasteiger partial charge in [0.05, 0.1) is 17.4 Å². The summed E-state index contributed by atoms with van der Waals surface area (Å²) in [5.41, 5.74) is 2.91. The summed E-state index contributed by atoms with van der Waals surface area (Å²) in [6.45, 7) is 0. The van der Waals surface area contributed by atoms with Crippen molar-refractivity contribution in [1.29, 1.82) is 0 Å². The van der Waals surface area contributed by atoms with Crippen LogP contribution in [0.15, 0.2) is 52.2 Å². The lowest BCUT2D eigenvalue weighted by molar-refractivity contribution is -0.384. The summed E-state index contributed by atoms with van der Waals surface area (Å²) in [4.78, 5) is 10.2. The van der Waals surface area contributed by atoms with Crippen molar-refractivity contribution >= 4 is 17.6 Å². The van der Waals surface area contributed by atoms with Crippen LogP contribution in [0.3, 0.4) is 0 Å². The van der Waals surface area contributed by atoms with Crippen LogP contribution < -0.4 is 5.43 Å². The molecule has 1 aromatic carbocycles. The van der Waals surface area contributed by atoms with Crippen molar-refractivity contribution in [2.45, 2.75) is 0 Å². The number of nitrogens with one attached hydrogen (secondary N) is 1. The molecule has 0 aliphatic rings. The molecule has 6 nitrogen and oxygen atoms in total. The smallest absolute Gasteiger partial charge is 0.294 e. The highest BCUT2D eigenvalue weighted by atomic mass is 16.6. The molecular formula is C11H9N3O3. The molecular weight excluding hydrogens is 222 g/mol. The van der Waals surface area contributed by atoms with Crippen LogP contribution in [-0.2, 0) is 0 Å². The van der Waals surface area contributed by atoms with Crippen LogP contribution in [0.1, 0.15) is 5.76 Å². The van der Waals surface area contributed by atoms with E-state index in [1.54, 1.807) is 30.3 Å². The molecule has 0 spiro atoms. The Morgan fingerprint density at radius 1 is 1.29 bits per heavy atom. The van der Waals surface area contributed by atoms with Crippen molar-refractivity contribution in [3.63, 3.8) is 0 Å². The van der Waals surface area contributed by atoms with Crippen molar-refractivity contribution in [2.24, 2.45) is 5.10 Å². The number of anilines is 1. The van der Waals surface area contributed by atoms with Gasteiger partial charge in [0.2, 0.25) is 0 Å². The number of hydrogen-bond acceptors (Lipinski definition) is 5. The quantitative estimate of drug-likeness (QED) is 0.498. The van der Waals surface area contributed by atoms with E-state index in [1.807, 2.05) is 0 Å². The Morgan fingerprint density at radius 2 is 2.12 bits per heavy atom. The number of rotatable bonds is 4. The SMILES string of the molecule is O=[N+]([O-])c1ccccc1N/N=C/c1ccco1. The second kappa shape index (κ2) is 4.93. The second-order valence-corrected chi connectivity index (χ2v) is 3.16. The van der Waals surface area contributed by atoms with Crippen molar-refractivity contribution < 1.29 is 9.34 Å². The number of nitro groups is 1. The van der Waals surface area contributed by atoms with Crippen molar-refractivity contribution in [3.05, 3.63) is 58.5 Å². The van der Waals surface area contributed by atoms with E-state index in [0.29, 0.717) is 11.4 Å². The van der Waals surface area contributed by atoms with Gasteiger partial charge in [0.15, 0.2) is 0 Å². The Bertz CT molecular complexity index is 535.